The molecular weight excluding hydrogens is 386 g/mol. The first-order chi connectivity index (χ1) is 14.2. The van der Waals surface area contributed by atoms with Gasteiger partial charge in [-0.2, -0.15) is 0 Å². The summed E-state index contributed by atoms with van der Waals surface area (Å²) >= 11 is 1.52. The molecule has 1 saturated heterocycles. The van der Waals surface area contributed by atoms with Crippen LogP contribution in [0.1, 0.15) is 16.5 Å². The van der Waals surface area contributed by atoms with Crippen LogP contribution in [0.2, 0.25) is 0 Å². The zero-order valence-corrected chi connectivity index (χ0v) is 16.8. The third kappa shape index (κ3) is 4.97. The highest BCUT2D eigenvalue weighted by molar-refractivity contribution is 7.10. The van der Waals surface area contributed by atoms with Crippen molar-refractivity contribution >= 4 is 28.9 Å². The van der Waals surface area contributed by atoms with Gasteiger partial charge in [-0.15, -0.1) is 11.3 Å². The van der Waals surface area contributed by atoms with Crippen molar-refractivity contribution < 1.29 is 9.90 Å². The van der Waals surface area contributed by atoms with Gasteiger partial charge in [-0.05, 0) is 35.2 Å². The van der Waals surface area contributed by atoms with Gasteiger partial charge in [0.25, 0.3) is 0 Å². The molecule has 4 rings (SSSR count). The predicted molar refractivity (Wildman–Crippen MR) is 114 cm³/mol. The average molecular weight is 410 g/mol. The van der Waals surface area contributed by atoms with Gasteiger partial charge in [-0.25, -0.2) is 9.97 Å². The smallest absolute Gasteiger partial charge is 0.238 e. The van der Waals surface area contributed by atoms with E-state index >= 15 is 0 Å². The van der Waals surface area contributed by atoms with E-state index in [-0.39, 0.29) is 5.91 Å². The number of amides is 1. The number of piperazine rings is 1. The molecule has 3 heterocycles. The van der Waals surface area contributed by atoms with Crippen LogP contribution in [-0.2, 0) is 4.79 Å². The van der Waals surface area contributed by atoms with Gasteiger partial charge < -0.3 is 15.3 Å². The second kappa shape index (κ2) is 9.13. The topological polar surface area (TPSA) is 81.6 Å². The van der Waals surface area contributed by atoms with E-state index in [0.29, 0.717) is 6.54 Å². The summed E-state index contributed by atoms with van der Waals surface area (Å²) < 4.78 is 0. The molecule has 1 amide bonds. The van der Waals surface area contributed by atoms with Crippen molar-refractivity contribution in [3.63, 3.8) is 0 Å². The van der Waals surface area contributed by atoms with E-state index < -0.39 is 6.10 Å². The molecule has 0 radical (unpaired) electrons. The highest BCUT2D eigenvalue weighted by Crippen LogP contribution is 2.26. The van der Waals surface area contributed by atoms with Gasteiger partial charge in [-0.3, -0.25) is 9.69 Å². The second-order valence-electron chi connectivity index (χ2n) is 6.90. The number of aliphatic hydroxyl groups is 1. The maximum Gasteiger partial charge on any atom is 0.238 e. The first-order valence-corrected chi connectivity index (χ1v) is 10.4. The monoisotopic (exact) mass is 409 g/mol. The number of benzene rings is 1. The third-order valence-corrected chi connectivity index (χ3v) is 5.82. The lowest BCUT2D eigenvalue weighted by molar-refractivity contribution is -0.117. The Hall–Kier alpha value is -2.81. The fourth-order valence-corrected chi connectivity index (χ4v) is 4.06. The third-order valence-electron chi connectivity index (χ3n) is 4.90. The number of anilines is 2. The lowest BCUT2D eigenvalue weighted by Crippen LogP contribution is -2.49. The van der Waals surface area contributed by atoms with Gasteiger partial charge >= 0.3 is 0 Å². The molecule has 1 atom stereocenters. The highest BCUT2D eigenvalue weighted by Gasteiger charge is 2.20. The van der Waals surface area contributed by atoms with Crippen LogP contribution in [0.3, 0.4) is 0 Å². The van der Waals surface area contributed by atoms with Crippen molar-refractivity contribution in [2.45, 2.75) is 6.10 Å². The highest BCUT2D eigenvalue weighted by atomic mass is 32.1. The van der Waals surface area contributed by atoms with Crippen LogP contribution in [0.4, 0.5) is 11.6 Å². The van der Waals surface area contributed by atoms with Gasteiger partial charge in [0.2, 0.25) is 11.9 Å². The van der Waals surface area contributed by atoms with Crippen molar-refractivity contribution in [2.75, 3.05) is 42.9 Å². The molecule has 1 aliphatic rings. The zero-order valence-electron chi connectivity index (χ0n) is 15.9. The normalized spacial score (nSPS) is 15.8. The molecule has 1 aliphatic heterocycles. The quantitative estimate of drug-likeness (QED) is 0.651. The minimum Gasteiger partial charge on any atom is -0.383 e. The molecule has 2 N–H and O–H groups in total. The summed E-state index contributed by atoms with van der Waals surface area (Å²) in [6, 6.07) is 13.0. The van der Waals surface area contributed by atoms with Crippen LogP contribution in [0.15, 0.2) is 60.2 Å². The molecule has 0 saturated carbocycles. The summed E-state index contributed by atoms with van der Waals surface area (Å²) in [6.07, 6.45) is 2.85. The number of aliphatic hydroxyl groups excluding tert-OH is 1. The Morgan fingerprint density at radius 1 is 1.07 bits per heavy atom. The number of carbonyl (C=O) groups is 1. The van der Waals surface area contributed by atoms with Crippen LogP contribution in [-0.4, -0.2) is 58.6 Å². The van der Waals surface area contributed by atoms with E-state index in [1.807, 2.05) is 41.8 Å². The minimum atomic E-state index is -0.635. The van der Waals surface area contributed by atoms with Gasteiger partial charge in [0.1, 0.15) is 6.10 Å². The van der Waals surface area contributed by atoms with Gasteiger partial charge in [0.15, 0.2) is 0 Å². The van der Waals surface area contributed by atoms with Gasteiger partial charge in [-0.1, -0.05) is 18.2 Å². The Kier molecular flexibility index (Phi) is 6.14. The molecule has 0 aliphatic carbocycles. The molecule has 29 heavy (non-hydrogen) atoms. The van der Waals surface area contributed by atoms with E-state index in [0.717, 1.165) is 48.3 Å². The van der Waals surface area contributed by atoms with Gasteiger partial charge in [0, 0.05) is 49.1 Å². The van der Waals surface area contributed by atoms with E-state index in [1.165, 1.54) is 11.3 Å². The summed E-state index contributed by atoms with van der Waals surface area (Å²) in [5.41, 5.74) is 1.54. The molecule has 0 spiro atoms. The molecule has 2 aromatic heterocycles. The summed E-state index contributed by atoms with van der Waals surface area (Å²) in [4.78, 5) is 26.1. The summed E-state index contributed by atoms with van der Waals surface area (Å²) in [7, 11) is 0. The largest absolute Gasteiger partial charge is 0.383 e. The van der Waals surface area contributed by atoms with E-state index in [9.17, 15) is 9.90 Å². The fourth-order valence-electron chi connectivity index (χ4n) is 3.32. The first kappa shape index (κ1) is 19.5. The number of carbonyl (C=O) groups excluding carboxylic acids is 1. The average Bonchev–Trinajstić information content (AvgIpc) is 3.30. The SMILES string of the molecule is O=C(CN1CCN(c2ncccn2)CC1)Nc1ccc(C(O)c2cccs2)cc1. The standard InChI is InChI=1S/C21H23N5O2S/c27-19(15-25-10-12-26(13-11-25)21-22-8-2-9-23-21)24-17-6-4-16(5-7-17)20(28)18-3-1-14-29-18/h1-9,14,20,28H,10-13,15H2,(H,24,27). The molecule has 8 heteroatoms. The maximum atomic E-state index is 12.4. The number of hydrogen-bond acceptors (Lipinski definition) is 7. The maximum absolute atomic E-state index is 12.4. The number of thiophene rings is 1. The van der Waals surface area contributed by atoms with Crippen LogP contribution in [0.25, 0.3) is 0 Å². The summed E-state index contributed by atoms with van der Waals surface area (Å²) in [6.45, 7) is 3.53. The Bertz CT molecular complexity index is 910. The minimum absolute atomic E-state index is 0.0408. The Morgan fingerprint density at radius 2 is 1.79 bits per heavy atom. The first-order valence-electron chi connectivity index (χ1n) is 9.54. The molecule has 1 aromatic carbocycles. The Labute approximate surface area is 173 Å². The molecule has 3 aromatic rings. The van der Waals surface area contributed by atoms with E-state index in [2.05, 4.69) is 25.1 Å². The fraction of sp³-hybridized carbons (Fsp3) is 0.286. The Morgan fingerprint density at radius 3 is 2.45 bits per heavy atom. The van der Waals surface area contributed by atoms with E-state index in [4.69, 9.17) is 0 Å². The van der Waals surface area contributed by atoms with E-state index in [1.54, 1.807) is 18.5 Å². The molecule has 1 unspecified atom stereocenters. The van der Waals surface area contributed by atoms with Crippen LogP contribution in [0.5, 0.6) is 0 Å². The number of nitrogens with one attached hydrogen (secondary N) is 1. The zero-order chi connectivity index (χ0) is 20.1. The molecule has 7 nitrogen and oxygen atoms in total. The summed E-state index contributed by atoms with van der Waals surface area (Å²) in [5, 5.41) is 15.3. The lowest BCUT2D eigenvalue weighted by Gasteiger charge is -2.34. The number of rotatable bonds is 6. The lowest BCUT2D eigenvalue weighted by atomic mass is 10.1. The molecule has 1 fully saturated rings. The Balaban J connectivity index is 1.26. The van der Waals surface area contributed by atoms with Crippen LogP contribution >= 0.6 is 11.3 Å². The summed E-state index contributed by atoms with van der Waals surface area (Å²) in [5.74, 6) is 0.697. The van der Waals surface area contributed by atoms with Crippen molar-refractivity contribution in [3.05, 3.63) is 70.7 Å². The number of nitrogens with zero attached hydrogens (tertiary/aromatic N) is 4. The number of aromatic nitrogens is 2. The van der Waals surface area contributed by atoms with Gasteiger partial charge in [0.05, 0.1) is 6.54 Å². The van der Waals surface area contributed by atoms with Crippen molar-refractivity contribution in [1.82, 2.24) is 14.9 Å². The molecule has 0 bridgehead atoms. The predicted octanol–water partition coefficient (Wildman–Crippen LogP) is 2.38. The van der Waals surface area contributed by atoms with Crippen molar-refractivity contribution in [1.29, 1.82) is 0 Å². The van der Waals surface area contributed by atoms with Crippen LogP contribution < -0.4 is 10.2 Å². The molecule has 150 valence electrons. The van der Waals surface area contributed by atoms with Crippen LogP contribution in [0, 0.1) is 0 Å². The number of hydrogen-bond donors (Lipinski definition) is 2. The van der Waals surface area contributed by atoms with Crippen molar-refractivity contribution in [3.8, 4) is 0 Å². The van der Waals surface area contributed by atoms with Crippen molar-refractivity contribution in [2.24, 2.45) is 0 Å². The molecular formula is C21H23N5O2S. The second-order valence-corrected chi connectivity index (χ2v) is 7.88.